The van der Waals surface area contributed by atoms with E-state index in [2.05, 4.69) is 43.5 Å². The molecule has 0 aliphatic heterocycles. The molecule has 5 unspecified atom stereocenters. The van der Waals surface area contributed by atoms with Gasteiger partial charge in [0, 0.05) is 17.7 Å². The van der Waals surface area contributed by atoms with E-state index < -0.39 is 0 Å². The maximum absolute atomic E-state index is 6.12. The molecule has 156 valence electrons. The van der Waals surface area contributed by atoms with Crippen molar-refractivity contribution in [2.75, 3.05) is 0 Å². The maximum atomic E-state index is 6.12. The van der Waals surface area contributed by atoms with E-state index in [9.17, 15) is 0 Å². The second-order valence-electron chi connectivity index (χ2n) is 10.7. The highest BCUT2D eigenvalue weighted by molar-refractivity contribution is 7.80. The number of benzene rings is 1. The Morgan fingerprint density at radius 2 is 1.90 bits per heavy atom. The largest absolute Gasteiger partial charge is 0.328 e. The number of hydrogen-bond donors (Lipinski definition) is 1. The van der Waals surface area contributed by atoms with E-state index in [1.807, 2.05) is 0 Å². The van der Waals surface area contributed by atoms with Crippen LogP contribution in [0.25, 0.3) is 0 Å². The molecule has 0 saturated heterocycles. The maximum Gasteiger partial charge on any atom is 0.109 e. The molecular weight excluding hydrogens is 372 g/mol. The zero-order valence-electron chi connectivity index (χ0n) is 17.9. The Bertz CT molecular complexity index is 781. The highest BCUT2D eigenvalue weighted by Crippen LogP contribution is 2.73. The molecule has 29 heavy (non-hydrogen) atoms. The second kappa shape index (κ2) is 7.57. The van der Waals surface area contributed by atoms with Crippen molar-refractivity contribution in [1.29, 1.82) is 0 Å². The van der Waals surface area contributed by atoms with E-state index in [1.54, 1.807) is 5.56 Å². The van der Waals surface area contributed by atoms with Crippen molar-refractivity contribution < 1.29 is 0 Å². The average molecular weight is 409 g/mol. The van der Waals surface area contributed by atoms with E-state index in [1.165, 1.54) is 51.4 Å². The zero-order chi connectivity index (χ0) is 20.1. The summed E-state index contributed by atoms with van der Waals surface area (Å²) in [5.41, 5.74) is 8.16. The van der Waals surface area contributed by atoms with Crippen LogP contribution in [0.4, 0.5) is 0 Å². The number of nitrogens with two attached hydrogens (primary N) is 1. The Morgan fingerprint density at radius 3 is 2.62 bits per heavy atom. The fourth-order valence-corrected chi connectivity index (χ4v) is 8.22. The third kappa shape index (κ3) is 3.24. The summed E-state index contributed by atoms with van der Waals surface area (Å²) in [4.78, 5) is 6.07. The highest BCUT2D eigenvalue weighted by Gasteiger charge is 2.69. The van der Waals surface area contributed by atoms with E-state index in [-0.39, 0.29) is 5.41 Å². The summed E-state index contributed by atoms with van der Waals surface area (Å²) in [6, 6.07) is 11.7. The van der Waals surface area contributed by atoms with Crippen LogP contribution in [0.3, 0.4) is 0 Å². The molecule has 2 N–H and O–H groups in total. The van der Waals surface area contributed by atoms with Crippen molar-refractivity contribution in [3.63, 3.8) is 0 Å². The van der Waals surface area contributed by atoms with Gasteiger partial charge in [-0.25, -0.2) is 0 Å². The lowest BCUT2D eigenvalue weighted by molar-refractivity contribution is 0.155. The van der Waals surface area contributed by atoms with Gasteiger partial charge in [-0.05, 0) is 86.0 Å². The first-order chi connectivity index (χ1) is 14.1. The first-order valence-corrected chi connectivity index (χ1v) is 12.4. The molecular formula is C26H36N2S. The number of aliphatic imine (C=N–C) groups is 1. The van der Waals surface area contributed by atoms with Crippen LogP contribution in [0, 0.1) is 29.1 Å². The van der Waals surface area contributed by atoms with Crippen molar-refractivity contribution in [2.45, 2.75) is 82.6 Å². The fourth-order valence-electron chi connectivity index (χ4n) is 7.85. The van der Waals surface area contributed by atoms with E-state index in [4.69, 9.17) is 22.9 Å². The molecule has 6 rings (SSSR count). The van der Waals surface area contributed by atoms with Gasteiger partial charge >= 0.3 is 0 Å². The Kier molecular flexibility index (Phi) is 5.19. The predicted octanol–water partition coefficient (Wildman–Crippen LogP) is 6.08. The molecule has 4 bridgehead atoms. The lowest BCUT2D eigenvalue weighted by Gasteiger charge is -2.43. The Hall–Kier alpha value is -1.06. The summed E-state index contributed by atoms with van der Waals surface area (Å²) in [7, 11) is 0. The van der Waals surface area contributed by atoms with Gasteiger partial charge in [0.25, 0.3) is 0 Å². The first-order valence-electron chi connectivity index (χ1n) is 12.0. The van der Waals surface area contributed by atoms with Crippen LogP contribution >= 0.6 is 12.2 Å². The van der Waals surface area contributed by atoms with E-state index in [0.29, 0.717) is 17.4 Å². The van der Waals surface area contributed by atoms with Crippen LogP contribution in [0.1, 0.15) is 76.7 Å². The minimum Gasteiger partial charge on any atom is -0.328 e. The molecule has 0 radical (unpaired) electrons. The third-order valence-electron chi connectivity index (χ3n) is 9.03. The zero-order valence-corrected chi connectivity index (χ0v) is 18.7. The minimum absolute atomic E-state index is 0.176. The summed E-state index contributed by atoms with van der Waals surface area (Å²) >= 11 is 6.12. The summed E-state index contributed by atoms with van der Waals surface area (Å²) < 4.78 is 0. The third-order valence-corrected chi connectivity index (χ3v) is 9.54. The Morgan fingerprint density at radius 1 is 1.14 bits per heavy atom. The van der Waals surface area contributed by atoms with Crippen molar-refractivity contribution in [3.05, 3.63) is 35.9 Å². The lowest BCUT2D eigenvalue weighted by Crippen LogP contribution is -2.37. The number of rotatable bonds is 5. The highest BCUT2D eigenvalue weighted by atomic mass is 32.1. The van der Waals surface area contributed by atoms with Gasteiger partial charge < -0.3 is 5.73 Å². The van der Waals surface area contributed by atoms with Crippen LogP contribution in [0.2, 0.25) is 0 Å². The average Bonchev–Trinajstić information content (AvgIpc) is 3.11. The summed E-state index contributed by atoms with van der Waals surface area (Å²) in [5.74, 6) is 3.02. The summed E-state index contributed by atoms with van der Waals surface area (Å²) in [6.07, 6.45) is 14.7. The molecule has 5 aliphatic carbocycles. The monoisotopic (exact) mass is 408 g/mol. The molecule has 3 heteroatoms. The Labute approximate surface area is 181 Å². The van der Waals surface area contributed by atoms with Crippen molar-refractivity contribution >= 4 is 23.4 Å². The van der Waals surface area contributed by atoms with Gasteiger partial charge in [0.15, 0.2) is 0 Å². The fraction of sp³-hybridized carbons (Fsp3) is 0.692. The number of hydrogen-bond acceptors (Lipinski definition) is 2. The number of thiocarbonyl (C=S) groups is 1. The molecule has 5 fully saturated rings. The van der Waals surface area contributed by atoms with Crippen LogP contribution in [-0.2, 0) is 5.41 Å². The molecule has 1 aromatic rings. The van der Waals surface area contributed by atoms with Crippen LogP contribution in [0.15, 0.2) is 35.3 Å². The van der Waals surface area contributed by atoms with E-state index in [0.717, 1.165) is 35.6 Å². The van der Waals surface area contributed by atoms with Gasteiger partial charge in [-0.3, -0.25) is 4.99 Å². The summed E-state index contributed by atoms with van der Waals surface area (Å²) in [5, 5.41) is 0. The molecule has 0 heterocycles. The Balaban J connectivity index is 1.41. The van der Waals surface area contributed by atoms with Crippen LogP contribution in [-0.4, -0.2) is 17.2 Å². The SMILES string of the molecule is CCCC1C2CC3(c4ccccc4)CC1C(C(=S)N=CC1CCC(N)CC1)(C2)C3. The molecule has 5 aliphatic rings. The van der Waals surface area contributed by atoms with E-state index >= 15 is 0 Å². The van der Waals surface area contributed by atoms with Gasteiger partial charge in [-0.1, -0.05) is 62.3 Å². The van der Waals surface area contributed by atoms with Crippen LogP contribution < -0.4 is 5.73 Å². The molecule has 0 aromatic heterocycles. The predicted molar refractivity (Wildman–Crippen MR) is 125 cm³/mol. The van der Waals surface area contributed by atoms with Crippen molar-refractivity contribution in [2.24, 2.45) is 39.8 Å². The van der Waals surface area contributed by atoms with Crippen molar-refractivity contribution in [3.8, 4) is 0 Å². The molecule has 1 aromatic carbocycles. The van der Waals surface area contributed by atoms with Gasteiger partial charge in [-0.2, -0.15) is 0 Å². The molecule has 2 nitrogen and oxygen atoms in total. The van der Waals surface area contributed by atoms with Gasteiger partial charge in [0.1, 0.15) is 4.99 Å². The molecule has 0 spiro atoms. The molecule has 5 saturated carbocycles. The van der Waals surface area contributed by atoms with Crippen LogP contribution in [0.5, 0.6) is 0 Å². The van der Waals surface area contributed by atoms with Gasteiger partial charge in [0.2, 0.25) is 0 Å². The normalized spacial score (nSPS) is 43.3. The van der Waals surface area contributed by atoms with Gasteiger partial charge in [0.05, 0.1) is 0 Å². The first kappa shape index (κ1) is 19.9. The quantitative estimate of drug-likeness (QED) is 0.474. The summed E-state index contributed by atoms with van der Waals surface area (Å²) in [6.45, 7) is 2.35. The molecule has 5 atom stereocenters. The van der Waals surface area contributed by atoms with Gasteiger partial charge in [-0.15, -0.1) is 0 Å². The van der Waals surface area contributed by atoms with Crippen molar-refractivity contribution in [1.82, 2.24) is 0 Å². The topological polar surface area (TPSA) is 38.4 Å². The molecule has 0 amide bonds. The standard InChI is InChI=1S/C26H36N2S/c1-2-6-22-19-13-25(20-7-4-3-5-8-20)15-23(22)26(14-19,17-25)24(29)28-16-18-9-11-21(27)12-10-18/h3-5,7-8,16,18-19,21-23H,2,6,9-15,17,27H2,1H3. The smallest absolute Gasteiger partial charge is 0.109 e. The second-order valence-corrected chi connectivity index (χ2v) is 11.1. The lowest BCUT2D eigenvalue weighted by atomic mass is 9.61. The number of nitrogens with zero attached hydrogens (tertiary/aromatic N) is 1. The minimum atomic E-state index is 0.176.